The van der Waals surface area contributed by atoms with E-state index < -0.39 is 0 Å². The molecular weight excluding hydrogens is 196 g/mol. The van der Waals surface area contributed by atoms with Crippen molar-refractivity contribution in [2.45, 2.75) is 31.0 Å². The first kappa shape index (κ1) is 11.0. The third kappa shape index (κ3) is 2.99. The van der Waals surface area contributed by atoms with Gasteiger partial charge in [0.2, 0.25) is 0 Å². The Morgan fingerprint density at radius 3 is 2.64 bits per heavy atom. The van der Waals surface area contributed by atoms with Crippen molar-refractivity contribution in [1.82, 2.24) is 9.97 Å². The molecule has 0 atom stereocenters. The van der Waals surface area contributed by atoms with Crippen LogP contribution in [0.4, 0.5) is 0 Å². The predicted octanol–water partition coefficient (Wildman–Crippen LogP) is 1.57. The molecule has 0 spiro atoms. The molecule has 0 aliphatic heterocycles. The average molecular weight is 210 g/mol. The molecule has 0 aliphatic carbocycles. The summed E-state index contributed by atoms with van der Waals surface area (Å²) >= 11 is 1.64. The maximum Gasteiger partial charge on any atom is 0.141 e. The molecule has 0 aliphatic rings. The minimum atomic E-state index is -0.0129. The second-order valence-electron chi connectivity index (χ2n) is 3.22. The average Bonchev–Trinajstić information content (AvgIpc) is 2.01. The van der Waals surface area contributed by atoms with Crippen molar-refractivity contribution in [2.75, 3.05) is 0 Å². The van der Waals surface area contributed by atoms with Crippen LogP contribution in [0.3, 0.4) is 0 Å². The molecule has 0 amide bonds. The zero-order chi connectivity index (χ0) is 10.7. The number of aromatic nitrogens is 2. The Balaban J connectivity index is 3.01. The van der Waals surface area contributed by atoms with Crippen molar-refractivity contribution in [3.8, 4) is 0 Å². The van der Waals surface area contributed by atoms with E-state index in [1.807, 2.05) is 0 Å². The summed E-state index contributed by atoms with van der Waals surface area (Å²) in [5.41, 5.74) is 5.87. The normalized spacial score (nSPS) is 10.6. The number of thioether (sulfide) groups is 1. The minimum Gasteiger partial charge on any atom is -0.382 e. The quantitative estimate of drug-likeness (QED) is 0.343. The van der Waals surface area contributed by atoms with Crippen molar-refractivity contribution in [1.29, 1.82) is 5.41 Å². The fraction of sp³-hybridized carbons (Fsp3) is 0.444. The lowest BCUT2D eigenvalue weighted by Crippen LogP contribution is -2.14. The van der Waals surface area contributed by atoms with E-state index >= 15 is 0 Å². The molecule has 0 radical (unpaired) electrons. The van der Waals surface area contributed by atoms with Crippen LogP contribution in [0.1, 0.15) is 25.4 Å². The van der Waals surface area contributed by atoms with Crippen LogP contribution in [-0.4, -0.2) is 21.1 Å². The standard InChI is InChI=1S/C9H14N4S/c1-5(2)14-8-4-7(9(10)11)12-6(3)13-8/h4-5H,1-3H3,(H3,10,11). The first-order chi connectivity index (χ1) is 6.49. The van der Waals surface area contributed by atoms with Gasteiger partial charge in [-0.25, -0.2) is 9.97 Å². The molecule has 0 unspecified atom stereocenters. The van der Waals surface area contributed by atoms with Gasteiger partial charge in [0.15, 0.2) is 0 Å². The van der Waals surface area contributed by atoms with E-state index in [-0.39, 0.29) is 5.84 Å². The van der Waals surface area contributed by atoms with Crippen LogP contribution in [0.15, 0.2) is 11.1 Å². The first-order valence-corrected chi connectivity index (χ1v) is 5.23. The van der Waals surface area contributed by atoms with Gasteiger partial charge in [0.1, 0.15) is 22.4 Å². The molecule has 5 heteroatoms. The van der Waals surface area contributed by atoms with Crippen LogP contribution in [0.25, 0.3) is 0 Å². The van der Waals surface area contributed by atoms with Gasteiger partial charge in [0.05, 0.1) is 0 Å². The molecule has 1 aromatic heterocycles. The maximum absolute atomic E-state index is 7.29. The summed E-state index contributed by atoms with van der Waals surface area (Å²) in [6, 6.07) is 1.75. The Bertz CT molecular complexity index is 349. The Labute approximate surface area is 87.8 Å². The summed E-state index contributed by atoms with van der Waals surface area (Å²) in [6.45, 7) is 5.99. The molecule has 0 aromatic carbocycles. The summed E-state index contributed by atoms with van der Waals surface area (Å²) in [6.07, 6.45) is 0. The molecule has 0 saturated carbocycles. The molecule has 1 rings (SSSR count). The van der Waals surface area contributed by atoms with Crippen molar-refractivity contribution in [3.63, 3.8) is 0 Å². The minimum absolute atomic E-state index is 0.0129. The fourth-order valence-corrected chi connectivity index (χ4v) is 1.83. The molecule has 0 saturated heterocycles. The number of nitrogens with one attached hydrogen (secondary N) is 1. The number of nitrogens with two attached hydrogens (primary N) is 1. The zero-order valence-electron chi connectivity index (χ0n) is 8.53. The Morgan fingerprint density at radius 1 is 1.50 bits per heavy atom. The number of nitrogen functional groups attached to an aromatic ring is 1. The Morgan fingerprint density at radius 2 is 2.14 bits per heavy atom. The number of nitrogens with zero attached hydrogens (tertiary/aromatic N) is 2. The van der Waals surface area contributed by atoms with Gasteiger partial charge in [0.25, 0.3) is 0 Å². The molecule has 0 fully saturated rings. The van der Waals surface area contributed by atoms with Crippen LogP contribution in [0, 0.1) is 12.3 Å². The monoisotopic (exact) mass is 210 g/mol. The lowest BCUT2D eigenvalue weighted by Gasteiger charge is -2.06. The molecule has 1 heterocycles. The second-order valence-corrected chi connectivity index (χ2v) is 4.82. The predicted molar refractivity (Wildman–Crippen MR) is 58.8 cm³/mol. The summed E-state index contributed by atoms with van der Waals surface area (Å²) in [5, 5.41) is 8.62. The molecule has 76 valence electrons. The number of aryl methyl sites for hydroxylation is 1. The summed E-state index contributed by atoms with van der Waals surface area (Å²) < 4.78 is 0. The molecule has 3 N–H and O–H groups in total. The number of amidine groups is 1. The topological polar surface area (TPSA) is 75.7 Å². The van der Waals surface area contributed by atoms with Gasteiger partial charge in [-0.1, -0.05) is 13.8 Å². The number of hydrogen-bond donors (Lipinski definition) is 2. The van der Waals surface area contributed by atoms with E-state index in [1.165, 1.54) is 0 Å². The summed E-state index contributed by atoms with van der Waals surface area (Å²) in [7, 11) is 0. The smallest absolute Gasteiger partial charge is 0.141 e. The zero-order valence-corrected chi connectivity index (χ0v) is 9.35. The molecule has 4 nitrogen and oxygen atoms in total. The van der Waals surface area contributed by atoms with Crippen LogP contribution in [0.5, 0.6) is 0 Å². The van der Waals surface area contributed by atoms with E-state index in [4.69, 9.17) is 11.1 Å². The van der Waals surface area contributed by atoms with Gasteiger partial charge < -0.3 is 5.73 Å². The van der Waals surface area contributed by atoms with Gasteiger partial charge in [-0.15, -0.1) is 11.8 Å². The second kappa shape index (κ2) is 4.41. The third-order valence-corrected chi connectivity index (χ3v) is 2.37. The fourth-order valence-electron chi connectivity index (χ4n) is 0.980. The highest BCUT2D eigenvalue weighted by molar-refractivity contribution is 7.99. The van der Waals surface area contributed by atoms with Gasteiger partial charge in [-0.2, -0.15) is 0 Å². The van der Waals surface area contributed by atoms with E-state index in [0.717, 1.165) is 5.03 Å². The van der Waals surface area contributed by atoms with Crippen molar-refractivity contribution >= 4 is 17.6 Å². The molecule has 14 heavy (non-hydrogen) atoms. The van der Waals surface area contributed by atoms with Gasteiger partial charge in [-0.3, -0.25) is 5.41 Å². The van der Waals surface area contributed by atoms with Crippen molar-refractivity contribution < 1.29 is 0 Å². The molecule has 1 aromatic rings. The lowest BCUT2D eigenvalue weighted by atomic mass is 10.4. The SMILES string of the molecule is Cc1nc(SC(C)C)cc(C(=N)N)n1. The number of rotatable bonds is 3. The van der Waals surface area contributed by atoms with Crippen LogP contribution >= 0.6 is 11.8 Å². The van der Waals surface area contributed by atoms with Gasteiger partial charge in [-0.05, 0) is 13.0 Å². The Hall–Kier alpha value is -1.10. The van der Waals surface area contributed by atoms with Crippen molar-refractivity contribution in [3.05, 3.63) is 17.6 Å². The third-order valence-electron chi connectivity index (χ3n) is 1.45. The van der Waals surface area contributed by atoms with Crippen LogP contribution < -0.4 is 5.73 Å². The highest BCUT2D eigenvalue weighted by Gasteiger charge is 2.06. The molecular formula is C9H14N4S. The lowest BCUT2D eigenvalue weighted by molar-refractivity contribution is 0.949. The van der Waals surface area contributed by atoms with Gasteiger partial charge in [0, 0.05) is 5.25 Å². The molecule has 0 bridgehead atoms. The van der Waals surface area contributed by atoms with Crippen LogP contribution in [-0.2, 0) is 0 Å². The number of hydrogen-bond acceptors (Lipinski definition) is 4. The summed E-state index contributed by atoms with van der Waals surface area (Å²) in [4.78, 5) is 8.32. The van der Waals surface area contributed by atoms with Crippen LogP contribution in [0.2, 0.25) is 0 Å². The van der Waals surface area contributed by atoms with E-state index in [9.17, 15) is 0 Å². The first-order valence-electron chi connectivity index (χ1n) is 4.35. The van der Waals surface area contributed by atoms with Gasteiger partial charge >= 0.3 is 0 Å². The van der Waals surface area contributed by atoms with E-state index in [1.54, 1.807) is 24.8 Å². The highest BCUT2D eigenvalue weighted by atomic mass is 32.2. The summed E-state index contributed by atoms with van der Waals surface area (Å²) in [5.74, 6) is 0.641. The van der Waals surface area contributed by atoms with Crippen molar-refractivity contribution in [2.24, 2.45) is 5.73 Å². The van der Waals surface area contributed by atoms with E-state index in [0.29, 0.717) is 16.8 Å². The Kier molecular flexibility index (Phi) is 3.46. The maximum atomic E-state index is 7.29. The van der Waals surface area contributed by atoms with E-state index in [2.05, 4.69) is 23.8 Å². The highest BCUT2D eigenvalue weighted by Crippen LogP contribution is 2.20. The largest absolute Gasteiger partial charge is 0.382 e.